The van der Waals surface area contributed by atoms with Gasteiger partial charge in [-0.25, -0.2) is 8.78 Å². The predicted molar refractivity (Wildman–Crippen MR) is 70.2 cm³/mol. The Hall–Kier alpha value is -1.65. The van der Waals surface area contributed by atoms with Crippen molar-refractivity contribution in [2.75, 3.05) is 11.9 Å². The summed E-state index contributed by atoms with van der Waals surface area (Å²) < 4.78 is 27.4. The predicted octanol–water partition coefficient (Wildman–Crippen LogP) is 3.07. The molecule has 1 aromatic rings. The second-order valence-corrected chi connectivity index (χ2v) is 4.80. The van der Waals surface area contributed by atoms with Crippen molar-refractivity contribution >= 4 is 11.6 Å². The van der Waals surface area contributed by atoms with Crippen molar-refractivity contribution in [2.45, 2.75) is 38.6 Å². The van der Waals surface area contributed by atoms with Gasteiger partial charge in [-0.2, -0.15) is 0 Å². The maximum atomic E-state index is 13.7. The summed E-state index contributed by atoms with van der Waals surface area (Å²) in [6, 6.07) is 2.28. The molecule has 0 radical (unpaired) electrons. The molecule has 2 N–H and O–H groups in total. The van der Waals surface area contributed by atoms with E-state index in [1.54, 1.807) is 6.92 Å². The number of halogens is 2. The third-order valence-electron chi connectivity index (χ3n) is 3.35. The number of amides is 1. The Morgan fingerprint density at radius 2 is 1.84 bits per heavy atom. The molecule has 1 saturated carbocycles. The summed E-state index contributed by atoms with van der Waals surface area (Å²) >= 11 is 0. The fourth-order valence-corrected chi connectivity index (χ4v) is 2.39. The first-order valence-corrected chi connectivity index (χ1v) is 6.65. The molecule has 19 heavy (non-hydrogen) atoms. The molecule has 1 fully saturated rings. The van der Waals surface area contributed by atoms with Gasteiger partial charge < -0.3 is 10.6 Å². The SMILES string of the molecule is CCNc1c(F)cc(C(=O)NC2CCCC2)cc1F. The standard InChI is InChI=1S/C14H18F2N2O/c1-2-17-13-11(15)7-9(8-12(13)16)14(19)18-10-5-3-4-6-10/h7-8,10,17H,2-6H2,1H3,(H,18,19). The second-order valence-electron chi connectivity index (χ2n) is 4.80. The molecule has 1 aliphatic rings. The summed E-state index contributed by atoms with van der Waals surface area (Å²) in [5, 5.41) is 5.41. The zero-order valence-corrected chi connectivity index (χ0v) is 10.9. The molecule has 1 aromatic carbocycles. The molecule has 0 aromatic heterocycles. The molecule has 0 unspecified atom stereocenters. The number of anilines is 1. The fraction of sp³-hybridized carbons (Fsp3) is 0.500. The normalized spacial score (nSPS) is 15.5. The van der Waals surface area contributed by atoms with Crippen LogP contribution >= 0.6 is 0 Å². The summed E-state index contributed by atoms with van der Waals surface area (Å²) in [5.41, 5.74) is -0.150. The largest absolute Gasteiger partial charge is 0.381 e. The van der Waals surface area contributed by atoms with Crippen LogP contribution in [0.2, 0.25) is 0 Å². The highest BCUT2D eigenvalue weighted by Crippen LogP contribution is 2.22. The highest BCUT2D eigenvalue weighted by Gasteiger charge is 2.20. The number of hydrogen-bond donors (Lipinski definition) is 2. The Balaban J connectivity index is 2.13. The Labute approximate surface area is 111 Å². The average Bonchev–Trinajstić information content (AvgIpc) is 2.86. The smallest absolute Gasteiger partial charge is 0.251 e. The Bertz CT molecular complexity index is 448. The van der Waals surface area contributed by atoms with Gasteiger partial charge in [-0.3, -0.25) is 4.79 Å². The summed E-state index contributed by atoms with van der Waals surface area (Å²) in [6.45, 7) is 2.17. The van der Waals surface area contributed by atoms with Crippen LogP contribution in [-0.4, -0.2) is 18.5 Å². The molecule has 0 atom stereocenters. The Morgan fingerprint density at radius 1 is 1.26 bits per heavy atom. The van der Waals surface area contributed by atoms with Crippen molar-refractivity contribution in [3.05, 3.63) is 29.3 Å². The average molecular weight is 268 g/mol. The third kappa shape index (κ3) is 3.22. The lowest BCUT2D eigenvalue weighted by Gasteiger charge is -2.13. The molecule has 0 bridgehead atoms. The van der Waals surface area contributed by atoms with E-state index in [0.29, 0.717) is 6.54 Å². The molecular formula is C14H18F2N2O. The van der Waals surface area contributed by atoms with Crippen molar-refractivity contribution in [2.24, 2.45) is 0 Å². The molecule has 5 heteroatoms. The van der Waals surface area contributed by atoms with Gasteiger partial charge in [-0.1, -0.05) is 12.8 Å². The van der Waals surface area contributed by atoms with E-state index in [-0.39, 0.29) is 17.3 Å². The van der Waals surface area contributed by atoms with Crippen LogP contribution in [0.4, 0.5) is 14.5 Å². The quantitative estimate of drug-likeness (QED) is 0.881. The molecular weight excluding hydrogens is 250 g/mol. The number of carbonyl (C=O) groups is 1. The van der Waals surface area contributed by atoms with Crippen molar-refractivity contribution in [1.29, 1.82) is 0 Å². The topological polar surface area (TPSA) is 41.1 Å². The van der Waals surface area contributed by atoms with Gasteiger partial charge in [0.25, 0.3) is 5.91 Å². The Kier molecular flexibility index (Phi) is 4.35. The van der Waals surface area contributed by atoms with Gasteiger partial charge in [0, 0.05) is 18.2 Å². The van der Waals surface area contributed by atoms with Crippen LogP contribution in [0.25, 0.3) is 0 Å². The van der Waals surface area contributed by atoms with Crippen LogP contribution in [0.5, 0.6) is 0 Å². The summed E-state index contributed by atoms with van der Waals surface area (Å²) in [6.07, 6.45) is 4.05. The highest BCUT2D eigenvalue weighted by atomic mass is 19.1. The van der Waals surface area contributed by atoms with Crippen molar-refractivity contribution in [3.63, 3.8) is 0 Å². The van der Waals surface area contributed by atoms with E-state index in [1.807, 2.05) is 0 Å². The molecule has 0 spiro atoms. The number of benzene rings is 1. The summed E-state index contributed by atoms with van der Waals surface area (Å²) in [4.78, 5) is 11.9. The minimum atomic E-state index is -0.738. The molecule has 0 heterocycles. The van der Waals surface area contributed by atoms with E-state index in [9.17, 15) is 13.6 Å². The van der Waals surface area contributed by atoms with E-state index in [4.69, 9.17) is 0 Å². The maximum Gasteiger partial charge on any atom is 0.251 e. The third-order valence-corrected chi connectivity index (χ3v) is 3.35. The number of hydrogen-bond acceptors (Lipinski definition) is 2. The second kappa shape index (κ2) is 5.99. The lowest BCUT2D eigenvalue weighted by molar-refractivity contribution is 0.0937. The van der Waals surface area contributed by atoms with Crippen molar-refractivity contribution in [3.8, 4) is 0 Å². The molecule has 1 amide bonds. The summed E-state index contributed by atoms with van der Waals surface area (Å²) in [5.74, 6) is -1.88. The van der Waals surface area contributed by atoms with E-state index < -0.39 is 17.5 Å². The van der Waals surface area contributed by atoms with Gasteiger partial charge in [0.1, 0.15) is 17.3 Å². The molecule has 3 nitrogen and oxygen atoms in total. The lowest BCUT2D eigenvalue weighted by Crippen LogP contribution is -2.32. The van der Waals surface area contributed by atoms with Crippen LogP contribution < -0.4 is 10.6 Å². The van der Waals surface area contributed by atoms with Gasteiger partial charge in [-0.05, 0) is 31.9 Å². The molecule has 1 aliphatic carbocycles. The number of carbonyl (C=O) groups excluding carboxylic acids is 1. The lowest BCUT2D eigenvalue weighted by atomic mass is 10.1. The van der Waals surface area contributed by atoms with E-state index in [1.165, 1.54) is 0 Å². The zero-order valence-electron chi connectivity index (χ0n) is 10.9. The minimum absolute atomic E-state index is 0.0311. The van der Waals surface area contributed by atoms with Crippen molar-refractivity contribution in [1.82, 2.24) is 5.32 Å². The maximum absolute atomic E-state index is 13.7. The van der Waals surface area contributed by atoms with Crippen LogP contribution in [0.15, 0.2) is 12.1 Å². The van der Waals surface area contributed by atoms with Gasteiger partial charge in [-0.15, -0.1) is 0 Å². The van der Waals surface area contributed by atoms with Gasteiger partial charge in [0.15, 0.2) is 0 Å². The fourth-order valence-electron chi connectivity index (χ4n) is 2.39. The molecule has 2 rings (SSSR count). The number of rotatable bonds is 4. The molecule has 104 valence electrons. The van der Waals surface area contributed by atoms with Crippen LogP contribution in [0.3, 0.4) is 0 Å². The Morgan fingerprint density at radius 3 is 2.37 bits per heavy atom. The number of nitrogens with one attached hydrogen (secondary N) is 2. The van der Waals surface area contributed by atoms with Gasteiger partial charge in [0.2, 0.25) is 0 Å². The van der Waals surface area contributed by atoms with E-state index >= 15 is 0 Å². The van der Waals surface area contributed by atoms with Gasteiger partial charge >= 0.3 is 0 Å². The minimum Gasteiger partial charge on any atom is -0.381 e. The molecule has 0 aliphatic heterocycles. The summed E-state index contributed by atoms with van der Waals surface area (Å²) in [7, 11) is 0. The molecule has 0 saturated heterocycles. The van der Waals surface area contributed by atoms with Crippen LogP contribution in [-0.2, 0) is 0 Å². The van der Waals surface area contributed by atoms with Crippen LogP contribution in [0, 0.1) is 11.6 Å². The van der Waals surface area contributed by atoms with E-state index in [0.717, 1.165) is 37.8 Å². The van der Waals surface area contributed by atoms with Crippen molar-refractivity contribution < 1.29 is 13.6 Å². The zero-order chi connectivity index (χ0) is 13.8. The first-order chi connectivity index (χ1) is 9.11. The van der Waals surface area contributed by atoms with Crippen LogP contribution in [0.1, 0.15) is 43.0 Å². The van der Waals surface area contributed by atoms with E-state index in [2.05, 4.69) is 10.6 Å². The van der Waals surface area contributed by atoms with Gasteiger partial charge in [0.05, 0.1) is 0 Å². The first-order valence-electron chi connectivity index (χ1n) is 6.65. The monoisotopic (exact) mass is 268 g/mol. The first kappa shape index (κ1) is 13.8. The highest BCUT2D eigenvalue weighted by molar-refractivity contribution is 5.94.